The SMILES string of the molecule is CNS(=O)(=O)c1ccc(Cl)c(C(=O)Nc2ccccc2C(=O)Nc2cccc(OC)c2)c1. The first-order valence-electron chi connectivity index (χ1n) is 9.34. The van der Waals surface area contributed by atoms with Crippen molar-refractivity contribution in [3.05, 3.63) is 82.9 Å². The number of ether oxygens (including phenoxy) is 1. The normalized spacial score (nSPS) is 11.0. The van der Waals surface area contributed by atoms with E-state index in [4.69, 9.17) is 16.3 Å². The van der Waals surface area contributed by atoms with Gasteiger partial charge in [0.15, 0.2) is 0 Å². The first-order chi connectivity index (χ1) is 15.2. The van der Waals surface area contributed by atoms with E-state index in [-0.39, 0.29) is 26.7 Å². The number of hydrogen-bond acceptors (Lipinski definition) is 5. The number of rotatable bonds is 7. The molecule has 0 saturated heterocycles. The number of para-hydroxylation sites is 1. The number of methoxy groups -OCH3 is 1. The van der Waals surface area contributed by atoms with Gasteiger partial charge in [-0.15, -0.1) is 0 Å². The summed E-state index contributed by atoms with van der Waals surface area (Å²) in [5.41, 5.74) is 0.907. The molecule has 2 amide bonds. The zero-order chi connectivity index (χ0) is 23.3. The summed E-state index contributed by atoms with van der Waals surface area (Å²) in [6.45, 7) is 0. The summed E-state index contributed by atoms with van der Waals surface area (Å²) in [7, 11) is -0.983. The predicted octanol–water partition coefficient (Wildman–Crippen LogP) is 3.76. The van der Waals surface area contributed by atoms with Crippen LogP contribution in [0.2, 0.25) is 5.02 Å². The molecule has 10 heteroatoms. The van der Waals surface area contributed by atoms with Crippen LogP contribution in [0.5, 0.6) is 5.75 Å². The third kappa shape index (κ3) is 5.25. The topological polar surface area (TPSA) is 114 Å². The first-order valence-corrected chi connectivity index (χ1v) is 11.2. The monoisotopic (exact) mass is 473 g/mol. The zero-order valence-corrected chi connectivity index (χ0v) is 18.8. The predicted molar refractivity (Wildman–Crippen MR) is 123 cm³/mol. The highest BCUT2D eigenvalue weighted by Crippen LogP contribution is 2.24. The fourth-order valence-corrected chi connectivity index (χ4v) is 3.80. The lowest BCUT2D eigenvalue weighted by molar-refractivity contribution is 0.102. The van der Waals surface area contributed by atoms with Crippen molar-refractivity contribution >= 4 is 44.8 Å². The Morgan fingerprint density at radius 1 is 0.875 bits per heavy atom. The standard InChI is InChI=1S/C22H20ClN3O5S/c1-24-32(29,30)16-10-11-19(23)18(13-16)22(28)26-20-9-4-3-8-17(20)21(27)25-14-6-5-7-15(12-14)31-2/h3-13,24H,1-2H3,(H,25,27)(H,26,28). The second-order valence-electron chi connectivity index (χ2n) is 6.54. The summed E-state index contributed by atoms with van der Waals surface area (Å²) < 4.78 is 31.5. The molecule has 0 saturated carbocycles. The minimum atomic E-state index is -3.77. The maximum atomic E-state index is 12.9. The fraction of sp³-hybridized carbons (Fsp3) is 0.0909. The number of hydrogen-bond donors (Lipinski definition) is 3. The summed E-state index contributed by atoms with van der Waals surface area (Å²) in [4.78, 5) is 25.6. The third-order valence-corrected chi connectivity index (χ3v) is 6.25. The van der Waals surface area contributed by atoms with E-state index in [2.05, 4.69) is 15.4 Å². The Hall–Kier alpha value is -3.40. The maximum Gasteiger partial charge on any atom is 0.257 e. The van der Waals surface area contributed by atoms with E-state index >= 15 is 0 Å². The molecule has 0 aliphatic carbocycles. The van der Waals surface area contributed by atoms with Crippen molar-refractivity contribution in [1.29, 1.82) is 0 Å². The van der Waals surface area contributed by atoms with Gasteiger partial charge in [0.1, 0.15) is 5.75 Å². The van der Waals surface area contributed by atoms with Gasteiger partial charge in [-0.2, -0.15) is 0 Å². The van der Waals surface area contributed by atoms with Crippen molar-refractivity contribution in [2.24, 2.45) is 0 Å². The number of amides is 2. The molecular formula is C22H20ClN3O5S. The highest BCUT2D eigenvalue weighted by atomic mass is 35.5. The molecule has 166 valence electrons. The van der Waals surface area contributed by atoms with Gasteiger partial charge in [0.2, 0.25) is 10.0 Å². The van der Waals surface area contributed by atoms with Gasteiger partial charge in [-0.1, -0.05) is 29.8 Å². The van der Waals surface area contributed by atoms with Crippen molar-refractivity contribution in [3.8, 4) is 5.75 Å². The number of nitrogens with one attached hydrogen (secondary N) is 3. The van der Waals surface area contributed by atoms with Crippen molar-refractivity contribution < 1.29 is 22.7 Å². The second-order valence-corrected chi connectivity index (χ2v) is 8.83. The number of carbonyl (C=O) groups is 2. The van der Waals surface area contributed by atoms with Gasteiger partial charge in [-0.25, -0.2) is 13.1 Å². The lowest BCUT2D eigenvalue weighted by atomic mass is 10.1. The lowest BCUT2D eigenvalue weighted by Gasteiger charge is -2.13. The Labute approximate surface area is 190 Å². The molecule has 0 radical (unpaired) electrons. The van der Waals surface area contributed by atoms with Crippen LogP contribution in [0.4, 0.5) is 11.4 Å². The molecule has 3 N–H and O–H groups in total. The second kappa shape index (κ2) is 9.82. The van der Waals surface area contributed by atoms with E-state index in [1.165, 1.54) is 32.4 Å². The fourth-order valence-electron chi connectivity index (χ4n) is 2.84. The van der Waals surface area contributed by atoms with Gasteiger partial charge in [0.05, 0.1) is 33.8 Å². The van der Waals surface area contributed by atoms with Crippen LogP contribution >= 0.6 is 11.6 Å². The summed E-state index contributed by atoms with van der Waals surface area (Å²) >= 11 is 6.12. The van der Waals surface area contributed by atoms with Gasteiger partial charge < -0.3 is 15.4 Å². The molecule has 0 aliphatic rings. The average molecular weight is 474 g/mol. The molecule has 0 bridgehead atoms. The van der Waals surface area contributed by atoms with Crippen molar-refractivity contribution in [3.63, 3.8) is 0 Å². The summed E-state index contributed by atoms with van der Waals surface area (Å²) in [5, 5.41) is 5.45. The molecule has 0 unspecified atom stereocenters. The molecule has 3 aromatic rings. The van der Waals surface area contributed by atoms with Crippen LogP contribution in [0.25, 0.3) is 0 Å². The van der Waals surface area contributed by atoms with Crippen LogP contribution in [0.3, 0.4) is 0 Å². The van der Waals surface area contributed by atoms with E-state index in [0.29, 0.717) is 11.4 Å². The molecule has 0 fully saturated rings. The summed E-state index contributed by atoms with van der Waals surface area (Å²) in [6, 6.07) is 17.0. The molecule has 0 spiro atoms. The van der Waals surface area contributed by atoms with Crippen LogP contribution in [0, 0.1) is 0 Å². The smallest absolute Gasteiger partial charge is 0.257 e. The Kier molecular flexibility index (Phi) is 7.14. The van der Waals surface area contributed by atoms with Crippen molar-refractivity contribution in [2.75, 3.05) is 24.8 Å². The summed E-state index contributed by atoms with van der Waals surface area (Å²) in [6.07, 6.45) is 0. The Morgan fingerprint density at radius 2 is 1.59 bits per heavy atom. The number of anilines is 2. The quantitative estimate of drug-likeness (QED) is 0.483. The molecule has 3 rings (SSSR count). The Bertz CT molecular complexity index is 1280. The van der Waals surface area contributed by atoms with Gasteiger partial charge >= 0.3 is 0 Å². The highest BCUT2D eigenvalue weighted by molar-refractivity contribution is 7.89. The molecular weight excluding hydrogens is 454 g/mol. The number of benzene rings is 3. The lowest BCUT2D eigenvalue weighted by Crippen LogP contribution is -2.21. The highest BCUT2D eigenvalue weighted by Gasteiger charge is 2.19. The van der Waals surface area contributed by atoms with Crippen LogP contribution in [0.1, 0.15) is 20.7 Å². The van der Waals surface area contributed by atoms with E-state index in [1.54, 1.807) is 48.5 Å². The Balaban J connectivity index is 1.87. The maximum absolute atomic E-state index is 12.9. The van der Waals surface area contributed by atoms with Gasteiger partial charge in [-0.3, -0.25) is 9.59 Å². The molecule has 0 aliphatic heterocycles. The largest absolute Gasteiger partial charge is 0.497 e. The first kappa shape index (κ1) is 23.3. The van der Waals surface area contributed by atoms with Crippen LogP contribution in [-0.2, 0) is 10.0 Å². The summed E-state index contributed by atoms with van der Waals surface area (Å²) in [5.74, 6) is -0.535. The molecule has 0 heterocycles. The molecule has 0 atom stereocenters. The van der Waals surface area contributed by atoms with E-state index in [0.717, 1.165) is 0 Å². The minimum absolute atomic E-state index is 0.0500. The Morgan fingerprint density at radius 3 is 2.31 bits per heavy atom. The van der Waals surface area contributed by atoms with Gasteiger partial charge in [0, 0.05) is 11.8 Å². The van der Waals surface area contributed by atoms with Crippen LogP contribution in [-0.4, -0.2) is 34.4 Å². The van der Waals surface area contributed by atoms with Crippen LogP contribution < -0.4 is 20.1 Å². The molecule has 3 aromatic carbocycles. The molecule has 8 nitrogen and oxygen atoms in total. The number of halogens is 1. The minimum Gasteiger partial charge on any atom is -0.497 e. The number of sulfonamides is 1. The van der Waals surface area contributed by atoms with Gasteiger partial charge in [-0.05, 0) is 49.5 Å². The van der Waals surface area contributed by atoms with E-state index < -0.39 is 21.8 Å². The van der Waals surface area contributed by atoms with Crippen molar-refractivity contribution in [1.82, 2.24) is 4.72 Å². The van der Waals surface area contributed by atoms with E-state index in [1.807, 2.05) is 0 Å². The van der Waals surface area contributed by atoms with E-state index in [9.17, 15) is 18.0 Å². The zero-order valence-electron chi connectivity index (χ0n) is 17.2. The van der Waals surface area contributed by atoms with Gasteiger partial charge in [0.25, 0.3) is 11.8 Å². The van der Waals surface area contributed by atoms with Crippen molar-refractivity contribution in [2.45, 2.75) is 4.90 Å². The van der Waals surface area contributed by atoms with Crippen LogP contribution in [0.15, 0.2) is 71.6 Å². The average Bonchev–Trinajstić information content (AvgIpc) is 2.79. The number of carbonyl (C=O) groups excluding carboxylic acids is 2. The third-order valence-electron chi connectivity index (χ3n) is 4.51. The molecule has 32 heavy (non-hydrogen) atoms. The molecule has 0 aromatic heterocycles.